The molecule has 0 aromatic heterocycles. The summed E-state index contributed by atoms with van der Waals surface area (Å²) >= 11 is 0. The van der Waals surface area contributed by atoms with Gasteiger partial charge in [-0.2, -0.15) is 0 Å². The second kappa shape index (κ2) is 8.45. The molecule has 1 nitrogen and oxygen atoms in total. The minimum absolute atomic E-state index is 0. The summed E-state index contributed by atoms with van der Waals surface area (Å²) < 4.78 is 0. The van der Waals surface area contributed by atoms with Crippen molar-refractivity contribution in [3.05, 3.63) is 89.5 Å². The summed E-state index contributed by atoms with van der Waals surface area (Å²) in [5.74, 6) is 0. The molecule has 1 unspecified atom stereocenters. The second-order valence-corrected chi connectivity index (χ2v) is 6.88. The first-order valence-electron chi connectivity index (χ1n) is 7.69. The summed E-state index contributed by atoms with van der Waals surface area (Å²) in [5, 5.41) is 1.10. The molecular weight excluding hydrogens is 306 g/mol. The quantitative estimate of drug-likeness (QED) is 0.500. The van der Waals surface area contributed by atoms with Gasteiger partial charge < -0.3 is 0 Å². The van der Waals surface area contributed by atoms with Gasteiger partial charge in [-0.3, -0.25) is 4.79 Å². The number of hydrogen-bond donors (Lipinski definition) is 0. The van der Waals surface area contributed by atoms with E-state index in [0.717, 1.165) is 33.1 Å². The van der Waals surface area contributed by atoms with Crippen LogP contribution in [0, 0.1) is 13.8 Å². The van der Waals surface area contributed by atoms with E-state index < -0.39 is 0 Å². The van der Waals surface area contributed by atoms with Gasteiger partial charge in [-0.1, -0.05) is 72.8 Å². The molecular formula is C21H19LiOP. The summed E-state index contributed by atoms with van der Waals surface area (Å²) in [7, 11) is 0.134. The maximum absolute atomic E-state index is 12.9. The number of aryl methyl sites for hydroxylation is 2. The zero-order valence-electron chi connectivity index (χ0n) is 14.3. The number of hydrogen-bond acceptors (Lipinski definition) is 1. The molecule has 0 spiro atoms. The van der Waals surface area contributed by atoms with Crippen LogP contribution in [0.25, 0.3) is 11.1 Å². The standard InChI is InChI=1S/C21H19OP.Li/c1-15-9-8-10-16(2)20(15)21(22)23-19-14-7-6-13-18(19)17-11-4-3-5-12-17;/h3-14,23H,1-2H3;. The van der Waals surface area contributed by atoms with E-state index in [2.05, 4.69) is 24.3 Å². The van der Waals surface area contributed by atoms with Crippen molar-refractivity contribution >= 4 is 38.3 Å². The average molecular weight is 325 g/mol. The normalized spacial score (nSPS) is 10.6. The maximum atomic E-state index is 12.9. The molecule has 0 bridgehead atoms. The van der Waals surface area contributed by atoms with Crippen LogP contribution in [0.2, 0.25) is 0 Å². The van der Waals surface area contributed by atoms with Gasteiger partial charge in [-0.25, -0.2) is 0 Å². The van der Waals surface area contributed by atoms with E-state index in [1.807, 2.05) is 62.4 Å². The number of rotatable bonds is 4. The van der Waals surface area contributed by atoms with E-state index in [4.69, 9.17) is 0 Å². The van der Waals surface area contributed by atoms with Crippen LogP contribution >= 0.6 is 8.58 Å². The fourth-order valence-corrected chi connectivity index (χ4v) is 4.12. The Hall–Kier alpha value is -1.64. The Morgan fingerprint density at radius 2 is 1.33 bits per heavy atom. The van der Waals surface area contributed by atoms with Crippen molar-refractivity contribution in [2.24, 2.45) is 0 Å². The zero-order valence-corrected chi connectivity index (χ0v) is 15.3. The maximum Gasteiger partial charge on any atom is 0.186 e. The summed E-state index contributed by atoms with van der Waals surface area (Å²) in [5.41, 5.74) is 5.49. The van der Waals surface area contributed by atoms with E-state index in [1.165, 1.54) is 0 Å². The molecule has 24 heavy (non-hydrogen) atoms. The third-order valence-electron chi connectivity index (χ3n) is 3.97. The van der Waals surface area contributed by atoms with Gasteiger partial charge in [0.15, 0.2) is 5.52 Å². The third kappa shape index (κ3) is 4.06. The Morgan fingerprint density at radius 3 is 2.00 bits per heavy atom. The third-order valence-corrected chi connectivity index (χ3v) is 5.15. The predicted molar refractivity (Wildman–Crippen MR) is 106 cm³/mol. The molecule has 0 saturated carbocycles. The Balaban J connectivity index is 0.00000208. The molecule has 3 heteroatoms. The first kappa shape index (κ1) is 18.7. The van der Waals surface area contributed by atoms with Crippen molar-refractivity contribution in [3.8, 4) is 11.1 Å². The molecule has 0 heterocycles. The Labute approximate surface area is 157 Å². The predicted octanol–water partition coefficient (Wildman–Crippen LogP) is 4.73. The van der Waals surface area contributed by atoms with Gasteiger partial charge in [-0.15, -0.1) is 0 Å². The van der Waals surface area contributed by atoms with Gasteiger partial charge in [0.1, 0.15) is 0 Å². The number of carbonyl (C=O) groups excluding carboxylic acids is 1. The van der Waals surface area contributed by atoms with E-state index in [0.29, 0.717) is 0 Å². The van der Waals surface area contributed by atoms with Crippen molar-refractivity contribution in [2.75, 3.05) is 0 Å². The molecule has 1 atom stereocenters. The van der Waals surface area contributed by atoms with Crippen molar-refractivity contribution < 1.29 is 4.79 Å². The van der Waals surface area contributed by atoms with Crippen molar-refractivity contribution in [1.82, 2.24) is 0 Å². The molecule has 0 N–H and O–H groups in total. The zero-order chi connectivity index (χ0) is 16.2. The van der Waals surface area contributed by atoms with Crippen LogP contribution in [0.5, 0.6) is 0 Å². The van der Waals surface area contributed by atoms with Crippen molar-refractivity contribution in [3.63, 3.8) is 0 Å². The van der Waals surface area contributed by atoms with E-state index in [-0.39, 0.29) is 33.0 Å². The molecule has 0 amide bonds. The molecule has 3 aromatic rings. The minimum Gasteiger partial charge on any atom is -0.289 e. The summed E-state index contributed by atoms with van der Waals surface area (Å²) in [4.78, 5) is 12.9. The topological polar surface area (TPSA) is 17.1 Å². The summed E-state index contributed by atoms with van der Waals surface area (Å²) in [6.07, 6.45) is 0. The van der Waals surface area contributed by atoms with Crippen molar-refractivity contribution in [1.29, 1.82) is 0 Å². The van der Waals surface area contributed by atoms with Gasteiger partial charge >= 0.3 is 0 Å². The van der Waals surface area contributed by atoms with E-state index in [1.54, 1.807) is 0 Å². The molecule has 0 saturated heterocycles. The van der Waals surface area contributed by atoms with Crippen LogP contribution in [-0.2, 0) is 0 Å². The van der Waals surface area contributed by atoms with Crippen molar-refractivity contribution in [2.45, 2.75) is 13.8 Å². The second-order valence-electron chi connectivity index (χ2n) is 5.63. The molecule has 0 aliphatic heterocycles. The number of benzene rings is 3. The fraction of sp³-hybridized carbons (Fsp3) is 0.0952. The van der Waals surface area contributed by atoms with Crippen LogP contribution in [-0.4, -0.2) is 24.4 Å². The van der Waals surface area contributed by atoms with Gasteiger partial charge in [0, 0.05) is 24.4 Å². The van der Waals surface area contributed by atoms with Crippen LogP contribution in [0.15, 0.2) is 72.8 Å². The Morgan fingerprint density at radius 1 is 0.750 bits per heavy atom. The van der Waals surface area contributed by atoms with E-state index >= 15 is 0 Å². The van der Waals surface area contributed by atoms with Gasteiger partial charge in [0.25, 0.3) is 0 Å². The monoisotopic (exact) mass is 325 g/mol. The molecule has 0 aliphatic rings. The van der Waals surface area contributed by atoms with Gasteiger partial charge in [-0.05, 0) is 50.0 Å². The Kier molecular flexibility index (Phi) is 6.58. The number of carbonyl (C=O) groups is 1. The fourth-order valence-electron chi connectivity index (χ4n) is 2.82. The average Bonchev–Trinajstić information content (AvgIpc) is 2.56. The first-order valence-corrected chi connectivity index (χ1v) is 8.69. The minimum atomic E-state index is 0. The van der Waals surface area contributed by atoms with Crippen LogP contribution in [0.1, 0.15) is 21.5 Å². The summed E-state index contributed by atoms with van der Waals surface area (Å²) in [6, 6.07) is 24.5. The molecule has 115 valence electrons. The van der Waals surface area contributed by atoms with Crippen LogP contribution in [0.4, 0.5) is 0 Å². The molecule has 1 radical (unpaired) electrons. The molecule has 3 aromatic carbocycles. The van der Waals surface area contributed by atoms with Gasteiger partial charge in [0.05, 0.1) is 0 Å². The largest absolute Gasteiger partial charge is 0.289 e. The van der Waals surface area contributed by atoms with Crippen LogP contribution in [0.3, 0.4) is 0 Å². The van der Waals surface area contributed by atoms with E-state index in [9.17, 15) is 4.79 Å². The molecule has 0 fully saturated rings. The van der Waals surface area contributed by atoms with Gasteiger partial charge in [0.2, 0.25) is 0 Å². The summed E-state index contributed by atoms with van der Waals surface area (Å²) in [6.45, 7) is 4.02. The first-order chi connectivity index (χ1) is 11.2. The SMILES string of the molecule is Cc1cccc(C)c1C(=O)Pc1ccccc1-c1ccccc1.[Li]. The Bertz CT molecular complexity index is 823. The molecule has 3 rings (SSSR count). The van der Waals surface area contributed by atoms with Crippen LogP contribution < -0.4 is 5.30 Å². The smallest absolute Gasteiger partial charge is 0.186 e. The molecule has 0 aliphatic carbocycles.